The monoisotopic (exact) mass is 236 g/mol. The lowest BCUT2D eigenvalue weighted by Gasteiger charge is -2.24. The van der Waals surface area contributed by atoms with Gasteiger partial charge >= 0.3 is 0 Å². The van der Waals surface area contributed by atoms with Crippen LogP contribution < -0.4 is 5.32 Å². The van der Waals surface area contributed by atoms with Gasteiger partial charge in [-0.25, -0.2) is 4.98 Å². The molecule has 0 spiro atoms. The number of nitrogens with zero attached hydrogens (tertiary/aromatic N) is 3. The molecule has 1 aromatic heterocycles. The fraction of sp³-hybridized carbons (Fsp3) is 0.769. The first-order valence-corrected chi connectivity index (χ1v) is 6.48. The zero-order valence-corrected chi connectivity index (χ0v) is 11.2. The summed E-state index contributed by atoms with van der Waals surface area (Å²) >= 11 is 0. The van der Waals surface area contributed by atoms with Crippen LogP contribution in [0.4, 0.5) is 0 Å². The summed E-state index contributed by atoms with van der Waals surface area (Å²) in [5, 5.41) is 3.45. The van der Waals surface area contributed by atoms with Gasteiger partial charge in [0, 0.05) is 30.4 Å². The third-order valence-electron chi connectivity index (χ3n) is 3.70. The number of hydrogen-bond acceptors (Lipinski definition) is 3. The summed E-state index contributed by atoms with van der Waals surface area (Å²) < 4.78 is 2.33. The SMILES string of the molecule is CN(C)CCCn1cncc1C1(C)CCNC1. The van der Waals surface area contributed by atoms with Gasteiger partial charge in [-0.2, -0.15) is 0 Å². The summed E-state index contributed by atoms with van der Waals surface area (Å²) in [6, 6.07) is 0. The largest absolute Gasteiger partial charge is 0.334 e. The van der Waals surface area contributed by atoms with Gasteiger partial charge in [-0.1, -0.05) is 6.92 Å². The van der Waals surface area contributed by atoms with E-state index in [9.17, 15) is 0 Å². The molecule has 0 bridgehead atoms. The first-order chi connectivity index (χ1) is 8.12. The molecule has 1 fully saturated rings. The van der Waals surface area contributed by atoms with Crippen molar-refractivity contribution < 1.29 is 0 Å². The van der Waals surface area contributed by atoms with E-state index in [2.05, 4.69) is 40.8 Å². The molecule has 1 N–H and O–H groups in total. The molecular weight excluding hydrogens is 212 g/mol. The molecule has 2 heterocycles. The number of imidazole rings is 1. The average molecular weight is 236 g/mol. The normalized spacial score (nSPS) is 24.7. The molecule has 96 valence electrons. The summed E-state index contributed by atoms with van der Waals surface area (Å²) in [4.78, 5) is 6.56. The third-order valence-corrected chi connectivity index (χ3v) is 3.70. The highest BCUT2D eigenvalue weighted by Gasteiger charge is 2.33. The molecule has 17 heavy (non-hydrogen) atoms. The van der Waals surface area contributed by atoms with Crippen molar-refractivity contribution in [3.8, 4) is 0 Å². The molecule has 4 heteroatoms. The minimum Gasteiger partial charge on any atom is -0.334 e. The Kier molecular flexibility index (Phi) is 3.84. The number of aryl methyl sites for hydroxylation is 1. The summed E-state index contributed by atoms with van der Waals surface area (Å²) in [6.07, 6.45) is 6.42. The average Bonchev–Trinajstić information content (AvgIpc) is 2.87. The Morgan fingerprint density at radius 3 is 3.00 bits per heavy atom. The lowest BCUT2D eigenvalue weighted by molar-refractivity contribution is 0.378. The van der Waals surface area contributed by atoms with E-state index in [0.29, 0.717) is 0 Å². The zero-order chi connectivity index (χ0) is 12.3. The Morgan fingerprint density at radius 1 is 1.53 bits per heavy atom. The smallest absolute Gasteiger partial charge is 0.0948 e. The van der Waals surface area contributed by atoms with E-state index in [4.69, 9.17) is 0 Å². The highest BCUT2D eigenvalue weighted by molar-refractivity contribution is 5.17. The van der Waals surface area contributed by atoms with Crippen molar-refractivity contribution >= 4 is 0 Å². The van der Waals surface area contributed by atoms with Gasteiger partial charge in [0.25, 0.3) is 0 Å². The molecule has 1 atom stereocenters. The summed E-state index contributed by atoms with van der Waals surface area (Å²) in [5.74, 6) is 0. The standard InChI is InChI=1S/C13H24N4/c1-13(5-6-14-10-13)12-9-15-11-17(12)8-4-7-16(2)3/h9,11,14H,4-8,10H2,1-3H3. The van der Waals surface area contributed by atoms with Crippen LogP contribution in [0.1, 0.15) is 25.5 Å². The molecule has 1 aliphatic heterocycles. The molecule has 1 aromatic rings. The van der Waals surface area contributed by atoms with Crippen molar-refractivity contribution in [1.82, 2.24) is 19.8 Å². The maximum atomic E-state index is 4.33. The summed E-state index contributed by atoms with van der Waals surface area (Å²) in [7, 11) is 4.24. The number of rotatable bonds is 5. The van der Waals surface area contributed by atoms with Crippen molar-refractivity contribution in [2.24, 2.45) is 0 Å². The molecular formula is C13H24N4. The molecule has 1 unspecified atom stereocenters. The van der Waals surface area contributed by atoms with Crippen LogP contribution in [0, 0.1) is 0 Å². The van der Waals surface area contributed by atoms with Crippen LogP contribution in [-0.2, 0) is 12.0 Å². The van der Waals surface area contributed by atoms with Gasteiger partial charge < -0.3 is 14.8 Å². The second kappa shape index (κ2) is 5.19. The Hall–Kier alpha value is -0.870. The van der Waals surface area contributed by atoms with Crippen LogP contribution in [0.25, 0.3) is 0 Å². The van der Waals surface area contributed by atoms with E-state index in [0.717, 1.165) is 26.2 Å². The third kappa shape index (κ3) is 2.87. The Morgan fingerprint density at radius 2 is 2.35 bits per heavy atom. The molecule has 0 amide bonds. The minimum atomic E-state index is 0.272. The number of aromatic nitrogens is 2. The van der Waals surface area contributed by atoms with Crippen molar-refractivity contribution in [2.45, 2.75) is 31.7 Å². The maximum absolute atomic E-state index is 4.33. The van der Waals surface area contributed by atoms with Crippen LogP contribution in [0.3, 0.4) is 0 Å². The first kappa shape index (κ1) is 12.6. The molecule has 2 rings (SSSR count). The Labute approximate surface area is 104 Å². The molecule has 4 nitrogen and oxygen atoms in total. The Bertz CT molecular complexity index is 350. The van der Waals surface area contributed by atoms with Crippen molar-refractivity contribution in [3.63, 3.8) is 0 Å². The van der Waals surface area contributed by atoms with Crippen molar-refractivity contribution in [2.75, 3.05) is 33.7 Å². The molecule has 0 aliphatic carbocycles. The summed E-state index contributed by atoms with van der Waals surface area (Å²) in [6.45, 7) is 6.74. The van der Waals surface area contributed by atoms with E-state index in [1.807, 2.05) is 12.5 Å². The van der Waals surface area contributed by atoms with Crippen LogP contribution in [0.15, 0.2) is 12.5 Å². The molecule has 0 radical (unpaired) electrons. The highest BCUT2D eigenvalue weighted by Crippen LogP contribution is 2.29. The van der Waals surface area contributed by atoms with Gasteiger partial charge in [0.2, 0.25) is 0 Å². The van der Waals surface area contributed by atoms with Crippen molar-refractivity contribution in [3.05, 3.63) is 18.2 Å². The van der Waals surface area contributed by atoms with Gasteiger partial charge in [0.15, 0.2) is 0 Å². The van der Waals surface area contributed by atoms with Crippen molar-refractivity contribution in [1.29, 1.82) is 0 Å². The van der Waals surface area contributed by atoms with Gasteiger partial charge in [0.05, 0.1) is 6.33 Å². The lowest BCUT2D eigenvalue weighted by atomic mass is 9.86. The van der Waals surface area contributed by atoms with E-state index in [-0.39, 0.29) is 5.41 Å². The quantitative estimate of drug-likeness (QED) is 0.830. The zero-order valence-electron chi connectivity index (χ0n) is 11.2. The van der Waals surface area contributed by atoms with Crippen LogP contribution in [0.2, 0.25) is 0 Å². The minimum absolute atomic E-state index is 0.272. The van der Waals surface area contributed by atoms with E-state index < -0.39 is 0 Å². The lowest BCUT2D eigenvalue weighted by Crippen LogP contribution is -2.28. The van der Waals surface area contributed by atoms with Gasteiger partial charge in [-0.15, -0.1) is 0 Å². The van der Waals surface area contributed by atoms with Crippen LogP contribution >= 0.6 is 0 Å². The molecule has 1 saturated heterocycles. The maximum Gasteiger partial charge on any atom is 0.0948 e. The van der Waals surface area contributed by atoms with E-state index in [1.165, 1.54) is 18.5 Å². The van der Waals surface area contributed by atoms with Gasteiger partial charge in [0.1, 0.15) is 0 Å². The highest BCUT2D eigenvalue weighted by atomic mass is 15.1. The summed E-state index contributed by atoms with van der Waals surface area (Å²) in [5.41, 5.74) is 1.66. The fourth-order valence-electron chi connectivity index (χ4n) is 2.59. The predicted octanol–water partition coefficient (Wildman–Crippen LogP) is 1.09. The predicted molar refractivity (Wildman–Crippen MR) is 70.2 cm³/mol. The van der Waals surface area contributed by atoms with E-state index in [1.54, 1.807) is 0 Å². The van der Waals surface area contributed by atoms with Gasteiger partial charge in [-0.05, 0) is 40.0 Å². The first-order valence-electron chi connectivity index (χ1n) is 6.48. The molecule has 0 saturated carbocycles. The number of hydrogen-bond donors (Lipinski definition) is 1. The van der Waals surface area contributed by atoms with Crippen LogP contribution in [-0.4, -0.2) is 48.2 Å². The fourth-order valence-corrected chi connectivity index (χ4v) is 2.59. The molecule has 1 aliphatic rings. The van der Waals surface area contributed by atoms with Crippen LogP contribution in [0.5, 0.6) is 0 Å². The van der Waals surface area contributed by atoms with E-state index >= 15 is 0 Å². The second-order valence-corrected chi connectivity index (χ2v) is 5.62. The Balaban J connectivity index is 2.01. The number of nitrogens with one attached hydrogen (secondary N) is 1. The van der Waals surface area contributed by atoms with Gasteiger partial charge in [-0.3, -0.25) is 0 Å². The molecule has 0 aromatic carbocycles. The topological polar surface area (TPSA) is 33.1 Å². The second-order valence-electron chi connectivity index (χ2n) is 5.62.